The van der Waals surface area contributed by atoms with Crippen LogP contribution < -0.4 is 34.5 Å². The highest BCUT2D eigenvalue weighted by molar-refractivity contribution is 6.05. The van der Waals surface area contributed by atoms with Crippen LogP contribution in [-0.4, -0.2) is 59.0 Å². The molecule has 1 heterocycles. The fraction of sp³-hybridized carbons (Fsp3) is 0.700. The molecule has 0 saturated carbocycles. The molecule has 0 aromatic carbocycles. The topological polar surface area (TPSA) is 168 Å². The van der Waals surface area contributed by atoms with Crippen LogP contribution in [0.5, 0.6) is 0 Å². The fourth-order valence-electron chi connectivity index (χ4n) is 2.78. The number of esters is 1. The van der Waals surface area contributed by atoms with Gasteiger partial charge in [-0.15, -0.1) is 0 Å². The van der Waals surface area contributed by atoms with Gasteiger partial charge in [-0.05, 0) is 59.3 Å². The maximum Gasteiger partial charge on any atom is 0.329 e. The molecule has 0 aliphatic rings. The van der Waals surface area contributed by atoms with Gasteiger partial charge in [-0.3, -0.25) is 9.59 Å². The number of unbranched alkanes of at least 4 members (excludes halogenated alkanes) is 3. The molecule has 1 aromatic heterocycles. The van der Waals surface area contributed by atoms with Crippen molar-refractivity contribution in [2.45, 2.75) is 70.9 Å². The van der Waals surface area contributed by atoms with Crippen LogP contribution in [0.15, 0.2) is 6.33 Å². The molecule has 0 saturated heterocycles. The number of rotatable bonds is 13. The van der Waals surface area contributed by atoms with Crippen molar-refractivity contribution in [3.05, 3.63) is 17.7 Å². The van der Waals surface area contributed by atoms with Crippen LogP contribution >= 0.6 is 0 Å². The quantitative estimate of drug-likeness (QED) is 0.151. The van der Waals surface area contributed by atoms with Gasteiger partial charge in [-0.2, -0.15) is 0 Å². The summed E-state index contributed by atoms with van der Waals surface area (Å²) in [6, 6.07) is -0.821. The predicted octanol–water partition coefficient (Wildman–Crippen LogP) is -3.59. The van der Waals surface area contributed by atoms with Crippen LogP contribution in [0, 0.1) is 0 Å². The molecular formula is C20H38ClN6O4+. The molecule has 0 aliphatic carbocycles. The summed E-state index contributed by atoms with van der Waals surface area (Å²) in [5.74, 6) is -1.51. The molecule has 0 fully saturated rings. The number of quaternary nitrogens is 2. The maximum atomic E-state index is 12.8. The van der Waals surface area contributed by atoms with Crippen LogP contribution in [0.1, 0.15) is 80.3 Å². The number of imidazole rings is 1. The molecule has 9 N–H and O–H groups in total. The average molecular weight is 462 g/mol. The van der Waals surface area contributed by atoms with Gasteiger partial charge in [0.2, 0.25) is 0 Å². The lowest BCUT2D eigenvalue weighted by Gasteiger charge is -2.24. The van der Waals surface area contributed by atoms with Gasteiger partial charge in [0.05, 0.1) is 19.4 Å². The van der Waals surface area contributed by atoms with E-state index in [-0.39, 0.29) is 23.8 Å². The number of hydrogen-bond acceptors (Lipinski definition) is 5. The third-order valence-corrected chi connectivity index (χ3v) is 4.28. The molecule has 1 aromatic rings. The zero-order valence-electron chi connectivity index (χ0n) is 18.9. The van der Waals surface area contributed by atoms with Crippen LogP contribution in [0.25, 0.3) is 0 Å². The summed E-state index contributed by atoms with van der Waals surface area (Å²) in [4.78, 5) is 44.4. The summed E-state index contributed by atoms with van der Waals surface area (Å²) >= 11 is 0. The molecule has 2 amide bonds. The standard InChI is InChI=1S/C20H36N6O4.ClH/c1-20(2,3)30-19(29)14(9-5-7-11-22)26-18(28)16-15(24-13-25-16)17(27)23-12-8-4-6-10-21;/h13-14H,4-12,21-22H2,1-3H3,(H,23,27)(H,24,25)(H,26,28);1H/p+1. The summed E-state index contributed by atoms with van der Waals surface area (Å²) in [6.07, 6.45) is 6.09. The van der Waals surface area contributed by atoms with E-state index < -0.39 is 29.4 Å². The van der Waals surface area contributed by atoms with E-state index in [9.17, 15) is 14.4 Å². The molecular weight excluding hydrogens is 424 g/mol. The van der Waals surface area contributed by atoms with E-state index in [1.54, 1.807) is 20.8 Å². The zero-order chi connectivity index (χ0) is 22.6. The van der Waals surface area contributed by atoms with E-state index in [0.717, 1.165) is 45.2 Å². The second-order valence-corrected chi connectivity index (χ2v) is 8.21. The van der Waals surface area contributed by atoms with Gasteiger partial charge in [-0.1, -0.05) is 0 Å². The number of halogens is 1. The summed E-state index contributed by atoms with van der Waals surface area (Å²) in [6.45, 7) is 7.43. The average Bonchev–Trinajstić information content (AvgIpc) is 3.15. The van der Waals surface area contributed by atoms with Gasteiger partial charge < -0.3 is 44.2 Å². The van der Waals surface area contributed by atoms with Gasteiger partial charge >= 0.3 is 5.97 Å². The normalized spacial score (nSPS) is 11.9. The third kappa shape index (κ3) is 11.1. The van der Waals surface area contributed by atoms with Crippen molar-refractivity contribution in [2.24, 2.45) is 0 Å². The molecule has 0 spiro atoms. The van der Waals surface area contributed by atoms with Crippen molar-refractivity contribution < 1.29 is 43.0 Å². The summed E-state index contributed by atoms with van der Waals surface area (Å²) < 4.78 is 5.43. The first-order valence-electron chi connectivity index (χ1n) is 10.6. The predicted molar refractivity (Wildman–Crippen MR) is 111 cm³/mol. The Bertz CT molecular complexity index is 689. The molecule has 0 bridgehead atoms. The van der Waals surface area contributed by atoms with Gasteiger partial charge in [0.1, 0.15) is 17.3 Å². The molecule has 10 nitrogen and oxygen atoms in total. The van der Waals surface area contributed by atoms with Crippen molar-refractivity contribution in [3.63, 3.8) is 0 Å². The summed E-state index contributed by atoms with van der Waals surface area (Å²) in [7, 11) is 0. The van der Waals surface area contributed by atoms with Gasteiger partial charge in [0.15, 0.2) is 5.69 Å². The number of nitrogens with zero attached hydrogens (tertiary/aromatic N) is 1. The first-order valence-corrected chi connectivity index (χ1v) is 10.6. The van der Waals surface area contributed by atoms with E-state index in [1.165, 1.54) is 6.33 Å². The van der Waals surface area contributed by atoms with Crippen LogP contribution in [0.2, 0.25) is 0 Å². The maximum absolute atomic E-state index is 12.8. The molecule has 11 heteroatoms. The summed E-state index contributed by atoms with van der Waals surface area (Å²) in [5, 5.41) is 5.46. The van der Waals surface area contributed by atoms with Crippen molar-refractivity contribution in [3.8, 4) is 0 Å². The number of aromatic nitrogens is 2. The Morgan fingerprint density at radius 3 is 2.32 bits per heavy atom. The number of amides is 2. The molecule has 1 rings (SSSR count). The minimum absolute atomic E-state index is 0. The van der Waals surface area contributed by atoms with E-state index in [4.69, 9.17) is 4.74 Å². The molecule has 31 heavy (non-hydrogen) atoms. The number of hydrogen-bond donors (Lipinski definition) is 5. The summed E-state index contributed by atoms with van der Waals surface area (Å²) in [5.41, 5.74) is 6.94. The highest BCUT2D eigenvalue weighted by Gasteiger charge is 2.29. The second kappa shape index (κ2) is 14.8. The number of aromatic amines is 1. The number of ether oxygens (including phenoxy) is 1. The number of H-pyrrole nitrogens is 1. The Kier molecular flexibility index (Phi) is 13.7. The van der Waals surface area contributed by atoms with Crippen LogP contribution in [0.3, 0.4) is 0 Å². The van der Waals surface area contributed by atoms with Crippen molar-refractivity contribution in [2.75, 3.05) is 19.6 Å². The number of carbonyl (C=O) groups is 3. The highest BCUT2D eigenvalue weighted by Crippen LogP contribution is 2.12. The number of nitrogens with one attached hydrogen (secondary N) is 3. The van der Waals surface area contributed by atoms with Gasteiger partial charge in [0, 0.05) is 6.54 Å². The lowest BCUT2D eigenvalue weighted by molar-refractivity contribution is -0.368. The molecule has 178 valence electrons. The number of carbonyl (C=O) groups excluding carboxylic acids is 3. The Hall–Kier alpha value is -2.17. The van der Waals surface area contributed by atoms with Gasteiger partial charge in [-0.25, -0.2) is 9.78 Å². The van der Waals surface area contributed by atoms with Crippen LogP contribution in [0.4, 0.5) is 0 Å². The SMILES string of the molecule is CC(C)(C)OC(=O)C(CCCC[NH3+])NC(=O)c1nc[nH]c1C(=O)NCCCCC[NH3+].[Cl-]. The lowest BCUT2D eigenvalue weighted by atomic mass is 10.1. The van der Waals surface area contributed by atoms with E-state index in [1.807, 2.05) is 0 Å². The largest absolute Gasteiger partial charge is 1.00 e. The molecule has 1 unspecified atom stereocenters. The van der Waals surface area contributed by atoms with Crippen molar-refractivity contribution in [1.82, 2.24) is 20.6 Å². The minimum Gasteiger partial charge on any atom is -1.00 e. The van der Waals surface area contributed by atoms with E-state index in [0.29, 0.717) is 13.0 Å². The van der Waals surface area contributed by atoms with Crippen LogP contribution in [-0.2, 0) is 9.53 Å². The Labute approximate surface area is 190 Å². The molecule has 0 radical (unpaired) electrons. The third-order valence-electron chi connectivity index (χ3n) is 4.28. The van der Waals surface area contributed by atoms with E-state index in [2.05, 4.69) is 32.1 Å². The zero-order valence-corrected chi connectivity index (χ0v) is 19.6. The van der Waals surface area contributed by atoms with Gasteiger partial charge in [0.25, 0.3) is 11.8 Å². The Balaban J connectivity index is 0.00000900. The first-order chi connectivity index (χ1) is 14.2. The molecule has 0 aliphatic heterocycles. The van der Waals surface area contributed by atoms with E-state index >= 15 is 0 Å². The Morgan fingerprint density at radius 1 is 1.06 bits per heavy atom. The fourth-order valence-corrected chi connectivity index (χ4v) is 2.78. The van der Waals surface area contributed by atoms with Crippen molar-refractivity contribution >= 4 is 17.8 Å². The Morgan fingerprint density at radius 2 is 1.71 bits per heavy atom. The smallest absolute Gasteiger partial charge is 0.329 e. The van der Waals surface area contributed by atoms with Crippen molar-refractivity contribution in [1.29, 1.82) is 0 Å². The molecule has 1 atom stereocenters. The lowest BCUT2D eigenvalue weighted by Crippen LogP contribution is -3.00. The first kappa shape index (κ1) is 28.8. The highest BCUT2D eigenvalue weighted by atomic mass is 35.5. The monoisotopic (exact) mass is 461 g/mol. The second-order valence-electron chi connectivity index (χ2n) is 8.21. The minimum atomic E-state index is -0.821.